The Kier molecular flexibility index (Phi) is 4.30. The summed E-state index contributed by atoms with van der Waals surface area (Å²) in [5, 5.41) is 9.18. The highest BCUT2D eigenvalue weighted by molar-refractivity contribution is 9.11. The molecule has 0 atom stereocenters. The van der Waals surface area contributed by atoms with Gasteiger partial charge in [0.1, 0.15) is 0 Å². The lowest BCUT2D eigenvalue weighted by Crippen LogP contribution is -2.45. The summed E-state index contributed by atoms with van der Waals surface area (Å²) >= 11 is 4.68. The number of aliphatic carboxylic acids is 1. The third kappa shape index (κ3) is 2.79. The topological polar surface area (TPSA) is 74.7 Å². The van der Waals surface area contributed by atoms with Crippen molar-refractivity contribution in [2.24, 2.45) is 5.41 Å². The van der Waals surface area contributed by atoms with Crippen molar-refractivity contribution in [1.29, 1.82) is 0 Å². The van der Waals surface area contributed by atoms with Crippen LogP contribution in [-0.2, 0) is 14.8 Å². The van der Waals surface area contributed by atoms with Crippen LogP contribution >= 0.6 is 27.3 Å². The molecule has 0 aromatic carbocycles. The van der Waals surface area contributed by atoms with E-state index in [4.69, 9.17) is 0 Å². The van der Waals surface area contributed by atoms with Crippen LogP contribution < -0.4 is 0 Å². The number of hydrogen-bond donors (Lipinski definition) is 1. The summed E-state index contributed by atoms with van der Waals surface area (Å²) in [6, 6.07) is 1.61. The molecule has 1 aliphatic rings. The second-order valence-corrected chi connectivity index (χ2v) is 9.78. The maximum absolute atomic E-state index is 12.6. The van der Waals surface area contributed by atoms with Crippen LogP contribution in [0.1, 0.15) is 24.6 Å². The molecule has 112 valence electrons. The number of aryl methyl sites for hydroxylation is 1. The Labute approximate surface area is 130 Å². The first-order chi connectivity index (χ1) is 9.17. The van der Waals surface area contributed by atoms with E-state index in [9.17, 15) is 18.3 Å². The van der Waals surface area contributed by atoms with E-state index in [2.05, 4.69) is 15.9 Å². The zero-order valence-electron chi connectivity index (χ0n) is 11.2. The summed E-state index contributed by atoms with van der Waals surface area (Å²) in [6.07, 6.45) is 0.678. The lowest BCUT2D eigenvalue weighted by atomic mass is 9.81. The monoisotopic (exact) mass is 381 g/mol. The lowest BCUT2D eigenvalue weighted by Gasteiger charge is -2.35. The molecule has 1 aliphatic heterocycles. The van der Waals surface area contributed by atoms with Crippen LogP contribution in [0.15, 0.2) is 14.7 Å². The highest BCUT2D eigenvalue weighted by atomic mass is 79.9. The molecule has 0 saturated carbocycles. The van der Waals surface area contributed by atoms with Crippen molar-refractivity contribution in [3.05, 3.63) is 14.7 Å². The number of nitrogens with zero attached hydrogens (tertiary/aromatic N) is 1. The van der Waals surface area contributed by atoms with Gasteiger partial charge in [-0.05, 0) is 48.7 Å². The van der Waals surface area contributed by atoms with Crippen molar-refractivity contribution < 1.29 is 18.3 Å². The second kappa shape index (κ2) is 5.40. The second-order valence-electron chi connectivity index (χ2n) is 5.24. The van der Waals surface area contributed by atoms with Crippen LogP contribution in [-0.4, -0.2) is 36.9 Å². The number of hydrogen-bond acceptors (Lipinski definition) is 4. The summed E-state index contributed by atoms with van der Waals surface area (Å²) in [5.74, 6) is -0.857. The fraction of sp³-hybridized carbons (Fsp3) is 0.583. The molecule has 1 aromatic rings. The standard InChI is InChI=1S/C12H16BrNO4S2/c1-8-9(7-10(13)19-8)20(17,18)14-5-3-12(2,4-6-14)11(15)16/h7H,3-6H2,1-2H3,(H,15,16). The highest BCUT2D eigenvalue weighted by Crippen LogP contribution is 2.36. The van der Waals surface area contributed by atoms with Crippen molar-refractivity contribution in [2.45, 2.75) is 31.6 Å². The van der Waals surface area contributed by atoms with Crippen LogP contribution in [0.5, 0.6) is 0 Å². The average molecular weight is 382 g/mol. The molecule has 2 rings (SSSR count). The van der Waals surface area contributed by atoms with E-state index in [-0.39, 0.29) is 13.1 Å². The minimum absolute atomic E-state index is 0.248. The van der Waals surface area contributed by atoms with Gasteiger partial charge in [-0.15, -0.1) is 11.3 Å². The molecule has 2 heterocycles. The maximum Gasteiger partial charge on any atom is 0.309 e. The quantitative estimate of drug-likeness (QED) is 0.872. The summed E-state index contributed by atoms with van der Waals surface area (Å²) in [6.45, 7) is 3.94. The Balaban J connectivity index is 2.22. The first-order valence-corrected chi connectivity index (χ1v) is 9.21. The number of halogens is 1. The number of rotatable bonds is 3. The number of carbonyl (C=O) groups is 1. The number of carboxylic acid groups (broad SMARTS) is 1. The molecule has 1 fully saturated rings. The van der Waals surface area contributed by atoms with Gasteiger partial charge in [0.15, 0.2) is 0 Å². The molecule has 20 heavy (non-hydrogen) atoms. The Bertz CT molecular complexity index is 630. The van der Waals surface area contributed by atoms with Gasteiger partial charge in [-0.25, -0.2) is 8.42 Å². The molecule has 8 heteroatoms. The van der Waals surface area contributed by atoms with Gasteiger partial charge in [-0.3, -0.25) is 4.79 Å². The smallest absolute Gasteiger partial charge is 0.309 e. The minimum Gasteiger partial charge on any atom is -0.481 e. The van der Waals surface area contributed by atoms with Crippen molar-refractivity contribution in [3.8, 4) is 0 Å². The van der Waals surface area contributed by atoms with Gasteiger partial charge in [-0.2, -0.15) is 4.31 Å². The van der Waals surface area contributed by atoms with Gasteiger partial charge in [0, 0.05) is 18.0 Å². The third-order valence-electron chi connectivity index (χ3n) is 3.80. The molecule has 0 aliphatic carbocycles. The highest BCUT2D eigenvalue weighted by Gasteiger charge is 2.40. The number of piperidine rings is 1. The van der Waals surface area contributed by atoms with E-state index < -0.39 is 21.4 Å². The molecule has 1 aromatic heterocycles. The molecule has 1 N–H and O–H groups in total. The van der Waals surface area contributed by atoms with E-state index in [0.717, 1.165) is 8.66 Å². The molecule has 5 nitrogen and oxygen atoms in total. The van der Waals surface area contributed by atoms with Gasteiger partial charge in [0.05, 0.1) is 14.1 Å². The van der Waals surface area contributed by atoms with Gasteiger partial charge in [0.2, 0.25) is 10.0 Å². The van der Waals surface area contributed by atoms with Crippen LogP contribution in [0, 0.1) is 12.3 Å². The average Bonchev–Trinajstić information content (AvgIpc) is 2.69. The Morgan fingerprint density at radius 3 is 2.40 bits per heavy atom. The Morgan fingerprint density at radius 1 is 1.45 bits per heavy atom. The van der Waals surface area contributed by atoms with Crippen LogP contribution in [0.2, 0.25) is 0 Å². The summed E-state index contributed by atoms with van der Waals surface area (Å²) in [5.41, 5.74) is -0.823. The van der Waals surface area contributed by atoms with E-state index in [1.165, 1.54) is 15.6 Å². The van der Waals surface area contributed by atoms with E-state index in [1.54, 1.807) is 19.9 Å². The summed E-state index contributed by atoms with van der Waals surface area (Å²) in [4.78, 5) is 12.2. The van der Waals surface area contributed by atoms with Gasteiger partial charge in [0.25, 0.3) is 0 Å². The molecular weight excluding hydrogens is 366 g/mol. The number of sulfonamides is 1. The SMILES string of the molecule is Cc1sc(Br)cc1S(=O)(=O)N1CCC(C)(C(=O)O)CC1. The van der Waals surface area contributed by atoms with Gasteiger partial charge >= 0.3 is 5.97 Å². The van der Waals surface area contributed by atoms with Gasteiger partial charge in [-0.1, -0.05) is 0 Å². The van der Waals surface area contributed by atoms with E-state index >= 15 is 0 Å². The number of carboxylic acids is 1. The van der Waals surface area contributed by atoms with Crippen LogP contribution in [0.4, 0.5) is 0 Å². The van der Waals surface area contributed by atoms with Crippen molar-refractivity contribution >= 4 is 43.3 Å². The molecule has 0 spiro atoms. The third-order valence-corrected chi connectivity index (χ3v) is 7.51. The fourth-order valence-electron chi connectivity index (χ4n) is 2.26. The fourth-order valence-corrected chi connectivity index (χ4v) is 6.08. The molecule has 0 unspecified atom stereocenters. The maximum atomic E-state index is 12.6. The predicted molar refractivity (Wildman–Crippen MR) is 80.5 cm³/mol. The van der Waals surface area contributed by atoms with Crippen LogP contribution in [0.3, 0.4) is 0 Å². The molecule has 0 bridgehead atoms. The summed E-state index contributed by atoms with van der Waals surface area (Å²) < 4.78 is 27.3. The zero-order chi connectivity index (χ0) is 15.1. The van der Waals surface area contributed by atoms with Crippen molar-refractivity contribution in [3.63, 3.8) is 0 Å². The number of thiophene rings is 1. The van der Waals surface area contributed by atoms with E-state index in [1.807, 2.05) is 0 Å². The molecule has 0 radical (unpaired) electrons. The summed E-state index contributed by atoms with van der Waals surface area (Å²) in [7, 11) is -3.53. The van der Waals surface area contributed by atoms with Crippen molar-refractivity contribution in [2.75, 3.05) is 13.1 Å². The van der Waals surface area contributed by atoms with Crippen LogP contribution in [0.25, 0.3) is 0 Å². The lowest BCUT2D eigenvalue weighted by molar-refractivity contribution is -0.150. The Hall–Kier alpha value is -0.440. The first kappa shape index (κ1) is 15.9. The largest absolute Gasteiger partial charge is 0.481 e. The molecule has 0 amide bonds. The first-order valence-electron chi connectivity index (χ1n) is 6.16. The minimum atomic E-state index is -3.53. The van der Waals surface area contributed by atoms with Crippen molar-refractivity contribution in [1.82, 2.24) is 4.31 Å². The van der Waals surface area contributed by atoms with E-state index in [0.29, 0.717) is 17.7 Å². The van der Waals surface area contributed by atoms with Gasteiger partial charge < -0.3 is 5.11 Å². The molecule has 1 saturated heterocycles. The predicted octanol–water partition coefficient (Wildman–Crippen LogP) is 2.69. The Morgan fingerprint density at radius 2 is 2.00 bits per heavy atom. The normalized spacial score (nSPS) is 19.9. The molecular formula is C12H16BrNO4S2. The zero-order valence-corrected chi connectivity index (χ0v) is 14.4.